The van der Waals surface area contributed by atoms with Crippen LogP contribution < -0.4 is 5.32 Å². The molecule has 3 N–H and O–H groups in total. The SMILES string of the molecule is C#CC(C)(NCc1ccccc1)C(O)CO. The number of aliphatic hydroxyl groups is 2. The Morgan fingerprint density at radius 2 is 2.06 bits per heavy atom. The summed E-state index contributed by atoms with van der Waals surface area (Å²) in [5, 5.41) is 21.6. The summed E-state index contributed by atoms with van der Waals surface area (Å²) >= 11 is 0. The predicted octanol–water partition coefficient (Wildman–Crippen LogP) is 0.521. The minimum absolute atomic E-state index is 0.359. The first-order valence-corrected chi connectivity index (χ1v) is 5.18. The maximum atomic E-state index is 9.60. The van der Waals surface area contributed by atoms with Gasteiger partial charge in [-0.25, -0.2) is 0 Å². The van der Waals surface area contributed by atoms with Crippen molar-refractivity contribution in [2.75, 3.05) is 6.61 Å². The molecule has 0 aliphatic carbocycles. The van der Waals surface area contributed by atoms with E-state index in [-0.39, 0.29) is 6.61 Å². The highest BCUT2D eigenvalue weighted by atomic mass is 16.3. The number of nitrogens with one attached hydrogen (secondary N) is 1. The van der Waals surface area contributed by atoms with Crippen molar-refractivity contribution >= 4 is 0 Å². The van der Waals surface area contributed by atoms with Gasteiger partial charge in [0.1, 0.15) is 11.6 Å². The van der Waals surface area contributed by atoms with Crippen LogP contribution in [-0.2, 0) is 6.54 Å². The standard InChI is InChI=1S/C13H17NO2/c1-3-13(2,12(16)10-15)14-9-11-7-5-4-6-8-11/h1,4-8,12,14-16H,9-10H2,2H3. The molecule has 0 saturated heterocycles. The highest BCUT2D eigenvalue weighted by molar-refractivity contribution is 5.18. The van der Waals surface area contributed by atoms with Gasteiger partial charge in [-0.05, 0) is 12.5 Å². The first-order valence-electron chi connectivity index (χ1n) is 5.18. The molecule has 0 aliphatic rings. The van der Waals surface area contributed by atoms with Crippen LogP contribution in [0.4, 0.5) is 0 Å². The van der Waals surface area contributed by atoms with Gasteiger partial charge >= 0.3 is 0 Å². The molecule has 3 heteroatoms. The fourth-order valence-corrected chi connectivity index (χ4v) is 1.33. The summed E-state index contributed by atoms with van der Waals surface area (Å²) in [5.41, 5.74) is 0.166. The molecular weight excluding hydrogens is 202 g/mol. The highest BCUT2D eigenvalue weighted by Gasteiger charge is 2.29. The van der Waals surface area contributed by atoms with Gasteiger partial charge < -0.3 is 10.2 Å². The number of rotatable bonds is 5. The van der Waals surface area contributed by atoms with Crippen LogP contribution in [0.25, 0.3) is 0 Å². The molecule has 0 saturated carbocycles. The second-order valence-electron chi connectivity index (χ2n) is 3.88. The Bertz CT molecular complexity index is 358. The molecule has 0 aromatic heterocycles. The van der Waals surface area contributed by atoms with E-state index in [0.29, 0.717) is 6.54 Å². The second-order valence-corrected chi connectivity index (χ2v) is 3.88. The van der Waals surface area contributed by atoms with E-state index in [4.69, 9.17) is 11.5 Å². The van der Waals surface area contributed by atoms with E-state index in [1.165, 1.54) is 0 Å². The third kappa shape index (κ3) is 3.07. The predicted molar refractivity (Wildman–Crippen MR) is 63.6 cm³/mol. The average Bonchev–Trinajstić information content (AvgIpc) is 2.36. The van der Waals surface area contributed by atoms with Crippen molar-refractivity contribution in [3.05, 3.63) is 35.9 Å². The molecule has 1 aromatic rings. The fraction of sp³-hybridized carbons (Fsp3) is 0.385. The molecule has 0 amide bonds. The van der Waals surface area contributed by atoms with Crippen LogP contribution in [0.15, 0.2) is 30.3 Å². The largest absolute Gasteiger partial charge is 0.394 e. The summed E-state index contributed by atoms with van der Waals surface area (Å²) in [6.45, 7) is 1.89. The van der Waals surface area contributed by atoms with E-state index in [1.54, 1.807) is 6.92 Å². The molecule has 0 aliphatic heterocycles. The van der Waals surface area contributed by atoms with Crippen molar-refractivity contribution < 1.29 is 10.2 Å². The van der Waals surface area contributed by atoms with Crippen molar-refractivity contribution in [1.82, 2.24) is 5.32 Å². The van der Waals surface area contributed by atoms with Gasteiger partial charge in [-0.3, -0.25) is 5.32 Å². The summed E-state index contributed by atoms with van der Waals surface area (Å²) in [5.74, 6) is 2.48. The topological polar surface area (TPSA) is 52.5 Å². The van der Waals surface area contributed by atoms with Crippen LogP contribution in [-0.4, -0.2) is 28.5 Å². The van der Waals surface area contributed by atoms with Crippen LogP contribution in [0.5, 0.6) is 0 Å². The molecule has 2 unspecified atom stereocenters. The monoisotopic (exact) mass is 219 g/mol. The lowest BCUT2D eigenvalue weighted by atomic mass is 9.96. The van der Waals surface area contributed by atoms with Crippen LogP contribution in [0.3, 0.4) is 0 Å². The maximum absolute atomic E-state index is 9.60. The van der Waals surface area contributed by atoms with E-state index < -0.39 is 11.6 Å². The Labute approximate surface area is 96.1 Å². The van der Waals surface area contributed by atoms with Gasteiger partial charge in [0, 0.05) is 6.54 Å². The molecule has 0 radical (unpaired) electrons. The van der Waals surface area contributed by atoms with E-state index in [0.717, 1.165) is 5.56 Å². The van der Waals surface area contributed by atoms with Gasteiger partial charge in [0.2, 0.25) is 0 Å². The van der Waals surface area contributed by atoms with Gasteiger partial charge in [0.15, 0.2) is 0 Å². The summed E-state index contributed by atoms with van der Waals surface area (Å²) in [7, 11) is 0. The zero-order valence-electron chi connectivity index (χ0n) is 9.35. The molecule has 1 rings (SSSR count). The Morgan fingerprint density at radius 3 is 2.56 bits per heavy atom. The van der Waals surface area contributed by atoms with Crippen molar-refractivity contribution in [2.45, 2.75) is 25.1 Å². The van der Waals surface area contributed by atoms with Crippen molar-refractivity contribution in [3.63, 3.8) is 0 Å². The van der Waals surface area contributed by atoms with Crippen molar-refractivity contribution in [2.24, 2.45) is 0 Å². The summed E-state index contributed by atoms with van der Waals surface area (Å²) in [4.78, 5) is 0. The maximum Gasteiger partial charge on any atom is 0.106 e. The van der Waals surface area contributed by atoms with E-state index in [1.807, 2.05) is 30.3 Å². The Kier molecular flexibility index (Phi) is 4.51. The molecule has 16 heavy (non-hydrogen) atoms. The molecule has 86 valence electrons. The minimum atomic E-state index is -0.971. The number of hydrogen-bond acceptors (Lipinski definition) is 3. The molecule has 1 aromatic carbocycles. The second kappa shape index (κ2) is 5.66. The van der Waals surface area contributed by atoms with Crippen LogP contribution in [0.1, 0.15) is 12.5 Å². The summed E-state index contributed by atoms with van der Waals surface area (Å²) in [6.07, 6.45) is 4.39. The van der Waals surface area contributed by atoms with Gasteiger partial charge in [-0.15, -0.1) is 6.42 Å². The minimum Gasteiger partial charge on any atom is -0.394 e. The number of aliphatic hydroxyl groups excluding tert-OH is 2. The molecule has 3 nitrogen and oxygen atoms in total. The zero-order valence-corrected chi connectivity index (χ0v) is 9.35. The van der Waals surface area contributed by atoms with Gasteiger partial charge in [-0.1, -0.05) is 36.3 Å². The summed E-state index contributed by atoms with van der Waals surface area (Å²) in [6, 6.07) is 9.75. The Hall–Kier alpha value is -1.34. The third-order valence-electron chi connectivity index (χ3n) is 2.64. The number of hydrogen-bond donors (Lipinski definition) is 3. The lowest BCUT2D eigenvalue weighted by Crippen LogP contribution is -2.52. The van der Waals surface area contributed by atoms with Crippen LogP contribution in [0, 0.1) is 12.3 Å². The Balaban J connectivity index is 2.63. The molecule has 0 bridgehead atoms. The van der Waals surface area contributed by atoms with Crippen LogP contribution in [0.2, 0.25) is 0 Å². The number of benzene rings is 1. The normalized spacial score (nSPS) is 16.1. The molecule has 2 atom stereocenters. The van der Waals surface area contributed by atoms with Gasteiger partial charge in [-0.2, -0.15) is 0 Å². The van der Waals surface area contributed by atoms with Gasteiger partial charge in [0.25, 0.3) is 0 Å². The first kappa shape index (κ1) is 12.7. The molecule has 0 spiro atoms. The third-order valence-corrected chi connectivity index (χ3v) is 2.64. The summed E-state index contributed by atoms with van der Waals surface area (Å²) < 4.78 is 0. The van der Waals surface area contributed by atoms with Crippen molar-refractivity contribution in [3.8, 4) is 12.3 Å². The molecule has 0 fully saturated rings. The highest BCUT2D eigenvalue weighted by Crippen LogP contribution is 2.10. The van der Waals surface area contributed by atoms with E-state index in [2.05, 4.69) is 11.2 Å². The van der Waals surface area contributed by atoms with Crippen LogP contribution >= 0.6 is 0 Å². The average molecular weight is 219 g/mol. The molecular formula is C13H17NO2. The first-order chi connectivity index (χ1) is 7.62. The quantitative estimate of drug-likeness (QED) is 0.633. The van der Waals surface area contributed by atoms with Gasteiger partial charge in [0.05, 0.1) is 6.61 Å². The van der Waals surface area contributed by atoms with E-state index >= 15 is 0 Å². The zero-order chi connectivity index (χ0) is 12.0. The lowest BCUT2D eigenvalue weighted by molar-refractivity contribution is 0.0436. The fourth-order valence-electron chi connectivity index (χ4n) is 1.33. The van der Waals surface area contributed by atoms with E-state index in [9.17, 15) is 5.11 Å². The van der Waals surface area contributed by atoms with Crippen molar-refractivity contribution in [1.29, 1.82) is 0 Å². The lowest BCUT2D eigenvalue weighted by Gasteiger charge is -2.29. The Morgan fingerprint density at radius 1 is 1.44 bits per heavy atom. The smallest absolute Gasteiger partial charge is 0.106 e. The molecule has 0 heterocycles. The number of terminal acetylenes is 1.